The van der Waals surface area contributed by atoms with Crippen molar-refractivity contribution in [2.24, 2.45) is 0 Å². The summed E-state index contributed by atoms with van der Waals surface area (Å²) in [5, 5.41) is 28.5. The van der Waals surface area contributed by atoms with E-state index in [1.807, 2.05) is 0 Å². The Kier molecular flexibility index (Phi) is 11.1. The highest BCUT2D eigenvalue weighted by Gasteiger charge is 2.23. The van der Waals surface area contributed by atoms with Gasteiger partial charge in [0.05, 0.1) is 36.4 Å². The van der Waals surface area contributed by atoms with Crippen molar-refractivity contribution in [3.63, 3.8) is 0 Å². The number of nitro benzene ring substituents is 1. The highest BCUT2D eigenvalue weighted by atomic mass is 32.2. The summed E-state index contributed by atoms with van der Waals surface area (Å²) in [5.41, 5.74) is 0.642. The Morgan fingerprint density at radius 1 is 1.20 bits per heavy atom. The number of non-ortho nitro benzene ring substituents is 1. The van der Waals surface area contributed by atoms with Gasteiger partial charge in [-0.15, -0.1) is 5.10 Å². The lowest BCUT2D eigenvalue weighted by Gasteiger charge is -2.17. The lowest BCUT2D eigenvalue weighted by Crippen LogP contribution is -2.29. The molecule has 2 aromatic heterocycles. The van der Waals surface area contributed by atoms with Crippen LogP contribution in [0, 0.1) is 10.1 Å². The second-order valence-corrected chi connectivity index (χ2v) is 9.89. The molecular formula is C28H29N5O10S. The largest absolute Gasteiger partial charge is 0.469 e. The summed E-state index contributed by atoms with van der Waals surface area (Å²) in [4.78, 5) is 59.1. The van der Waals surface area contributed by atoms with E-state index < -0.39 is 46.6 Å². The molecule has 16 heteroatoms. The van der Waals surface area contributed by atoms with Crippen molar-refractivity contribution >= 4 is 52.0 Å². The molecule has 44 heavy (non-hydrogen) atoms. The van der Waals surface area contributed by atoms with Crippen LogP contribution < -0.4 is 10.9 Å². The number of amides is 1. The molecule has 4 rings (SSSR count). The monoisotopic (exact) mass is 628 g/mol. The number of methoxy groups -OCH3 is 1. The number of fused-ring (bicyclic) bond motifs is 1. The predicted molar refractivity (Wildman–Crippen MR) is 160 cm³/mol. The molecular weight excluding hydrogens is 598 g/mol. The standard InChI is InChI=1S/C27H25N5O9S.CH4O/c1-15(33)40-23(16-6-8-19(9-7-16)32(37)38)14-31-13-21(29-30-31)17-4-5-18-10-20(27(36)41-22(18)11-17)28-26(35)24(42-3)12-25(34)39-2;1-2/h4-11,13,23-24H,12,14H2,1-3H3,(H,28,35);2H,1H3/i1D;. The Morgan fingerprint density at radius 2 is 1.93 bits per heavy atom. The van der Waals surface area contributed by atoms with E-state index in [2.05, 4.69) is 20.4 Å². The van der Waals surface area contributed by atoms with Crippen LogP contribution in [0.25, 0.3) is 22.2 Å². The average Bonchev–Trinajstić information content (AvgIpc) is 3.52. The minimum Gasteiger partial charge on any atom is -0.469 e. The number of aliphatic hydroxyl groups excluding tert-OH is 1. The third kappa shape index (κ3) is 8.48. The predicted octanol–water partition coefficient (Wildman–Crippen LogP) is 3.11. The molecule has 0 bridgehead atoms. The number of nitrogens with one attached hydrogen (secondary N) is 1. The van der Waals surface area contributed by atoms with E-state index in [0.29, 0.717) is 22.2 Å². The second-order valence-electron chi connectivity index (χ2n) is 8.85. The molecule has 0 aliphatic carbocycles. The summed E-state index contributed by atoms with van der Waals surface area (Å²) in [5.74, 6) is -1.88. The van der Waals surface area contributed by atoms with Gasteiger partial charge in [-0.3, -0.25) is 24.5 Å². The highest BCUT2D eigenvalue weighted by Crippen LogP contribution is 2.26. The van der Waals surface area contributed by atoms with Crippen molar-refractivity contribution in [1.82, 2.24) is 15.0 Å². The van der Waals surface area contributed by atoms with Crippen LogP contribution >= 0.6 is 11.8 Å². The molecule has 0 spiro atoms. The number of hydrogen-bond acceptors (Lipinski definition) is 13. The van der Waals surface area contributed by atoms with E-state index in [-0.39, 0.29) is 29.9 Å². The quantitative estimate of drug-likeness (QED) is 0.106. The minimum atomic E-state index is -0.894. The van der Waals surface area contributed by atoms with Crippen LogP contribution in [0.15, 0.2) is 63.9 Å². The average molecular weight is 629 g/mol. The number of rotatable bonds is 11. The SMILES string of the molecule is CO.[2H]CC(=O)OC(Cn1cc(-c2ccc3cc(NC(=O)C(CC(=O)OC)SC)c(=O)oc3c2)nn1)c1ccc([N+](=O)[O-])cc1. The lowest BCUT2D eigenvalue weighted by molar-refractivity contribution is -0.384. The topological polar surface area (TPSA) is 206 Å². The number of aromatic nitrogens is 3. The van der Waals surface area contributed by atoms with Crippen molar-refractivity contribution in [1.29, 1.82) is 0 Å². The van der Waals surface area contributed by atoms with Gasteiger partial charge in [-0.1, -0.05) is 17.3 Å². The number of ether oxygens (including phenoxy) is 2. The van der Waals surface area contributed by atoms with Crippen LogP contribution in [-0.4, -0.2) is 68.6 Å². The molecule has 2 N–H and O–H groups in total. The molecule has 2 unspecified atom stereocenters. The molecule has 232 valence electrons. The van der Waals surface area contributed by atoms with E-state index in [0.717, 1.165) is 18.9 Å². The Hall–Kier alpha value is -5.09. The zero-order chi connectivity index (χ0) is 33.1. The van der Waals surface area contributed by atoms with Crippen molar-refractivity contribution in [2.75, 3.05) is 25.8 Å². The van der Waals surface area contributed by atoms with Crippen molar-refractivity contribution < 1.29 is 39.7 Å². The van der Waals surface area contributed by atoms with Gasteiger partial charge in [0.1, 0.15) is 23.1 Å². The number of carbonyl (C=O) groups excluding carboxylic acids is 3. The third-order valence-corrected chi connectivity index (χ3v) is 7.04. The number of hydrogen-bond donors (Lipinski definition) is 2. The van der Waals surface area contributed by atoms with Gasteiger partial charge in [0, 0.05) is 38.5 Å². The van der Waals surface area contributed by atoms with E-state index in [9.17, 15) is 29.3 Å². The molecule has 2 heterocycles. The maximum absolute atomic E-state index is 12.6. The van der Waals surface area contributed by atoms with Crippen molar-refractivity contribution in [3.05, 3.63) is 80.8 Å². The molecule has 0 saturated carbocycles. The van der Waals surface area contributed by atoms with E-state index in [1.165, 1.54) is 42.1 Å². The fourth-order valence-electron chi connectivity index (χ4n) is 3.96. The zero-order valence-electron chi connectivity index (χ0n) is 24.8. The maximum atomic E-state index is 12.6. The van der Waals surface area contributed by atoms with Crippen LogP contribution in [0.4, 0.5) is 11.4 Å². The highest BCUT2D eigenvalue weighted by molar-refractivity contribution is 8.00. The fourth-order valence-corrected chi connectivity index (χ4v) is 4.53. The number of benzene rings is 2. The minimum absolute atomic E-state index is 0.00922. The van der Waals surface area contributed by atoms with Crippen molar-refractivity contribution in [3.8, 4) is 11.3 Å². The summed E-state index contributed by atoms with van der Waals surface area (Å²) in [6, 6.07) is 11.9. The first-order valence-corrected chi connectivity index (χ1v) is 14.0. The normalized spacial score (nSPS) is 12.2. The van der Waals surface area contributed by atoms with Gasteiger partial charge in [0.15, 0.2) is 0 Å². The molecule has 0 radical (unpaired) electrons. The summed E-state index contributed by atoms with van der Waals surface area (Å²) in [6.45, 7) is -0.597. The zero-order valence-corrected chi connectivity index (χ0v) is 24.6. The molecule has 4 aromatic rings. The lowest BCUT2D eigenvalue weighted by atomic mass is 10.1. The molecule has 2 atom stereocenters. The number of esters is 2. The number of aliphatic hydroxyl groups is 1. The summed E-state index contributed by atoms with van der Waals surface area (Å²) >= 11 is 1.14. The van der Waals surface area contributed by atoms with E-state index >= 15 is 0 Å². The third-order valence-electron chi connectivity index (χ3n) is 6.09. The molecule has 2 aromatic carbocycles. The molecule has 0 aliphatic rings. The van der Waals surface area contributed by atoms with Gasteiger partial charge in [0.25, 0.3) is 5.69 Å². The van der Waals surface area contributed by atoms with Crippen molar-refractivity contribution in [2.45, 2.75) is 31.2 Å². The smallest absolute Gasteiger partial charge is 0.360 e. The number of anilines is 1. The van der Waals surface area contributed by atoms with Crippen LogP contribution in [-0.2, 0) is 30.4 Å². The summed E-state index contributed by atoms with van der Waals surface area (Å²) in [7, 11) is 2.22. The molecule has 0 saturated heterocycles. The Bertz CT molecular complexity index is 1730. The van der Waals surface area contributed by atoms with Crippen LogP contribution in [0.5, 0.6) is 0 Å². The first-order valence-electron chi connectivity index (χ1n) is 13.4. The molecule has 0 fully saturated rings. The van der Waals surface area contributed by atoms with Gasteiger partial charge in [-0.2, -0.15) is 11.8 Å². The van der Waals surface area contributed by atoms with Gasteiger partial charge >= 0.3 is 17.6 Å². The van der Waals surface area contributed by atoms with Crippen LogP contribution in [0.2, 0.25) is 0 Å². The number of thioether (sulfide) groups is 1. The number of nitro groups is 1. The van der Waals surface area contributed by atoms with E-state index in [1.54, 1.807) is 30.7 Å². The Labute approximate surface area is 255 Å². The number of nitrogens with zero attached hydrogens (tertiary/aromatic N) is 4. The van der Waals surface area contributed by atoms with Gasteiger partial charge in [0.2, 0.25) is 5.91 Å². The first-order chi connectivity index (χ1) is 21.6. The first kappa shape index (κ1) is 31.8. The van der Waals surface area contributed by atoms with Crippen LogP contribution in [0.3, 0.4) is 0 Å². The Morgan fingerprint density at radius 3 is 2.57 bits per heavy atom. The molecule has 0 aliphatic heterocycles. The van der Waals surface area contributed by atoms with Gasteiger partial charge in [-0.25, -0.2) is 9.48 Å². The second kappa shape index (κ2) is 15.4. The van der Waals surface area contributed by atoms with E-state index in [4.69, 9.17) is 15.6 Å². The fraction of sp³-hybridized carbons (Fsp3) is 0.286. The van der Waals surface area contributed by atoms with Gasteiger partial charge in [-0.05, 0) is 36.1 Å². The molecule has 1 amide bonds. The maximum Gasteiger partial charge on any atom is 0.360 e. The van der Waals surface area contributed by atoms with Crippen LogP contribution in [0.1, 0.15) is 26.4 Å². The van der Waals surface area contributed by atoms with Gasteiger partial charge < -0.3 is 24.3 Å². The summed E-state index contributed by atoms with van der Waals surface area (Å²) in [6.07, 6.45) is 2.18. The summed E-state index contributed by atoms with van der Waals surface area (Å²) < 4.78 is 24.1. The number of carbonyl (C=O) groups is 3. The Balaban J connectivity index is 0.00000271. The molecule has 15 nitrogen and oxygen atoms in total.